The van der Waals surface area contributed by atoms with Crippen LogP contribution in [-0.2, 0) is 0 Å². The van der Waals surface area contributed by atoms with E-state index in [1.165, 1.54) is 0 Å². The molecule has 0 heterocycles. The van der Waals surface area contributed by atoms with Crippen LogP contribution >= 0.6 is 0 Å². The van der Waals surface area contributed by atoms with E-state index in [1.54, 1.807) is 6.07 Å². The van der Waals surface area contributed by atoms with E-state index in [9.17, 15) is 5.11 Å². The van der Waals surface area contributed by atoms with Crippen LogP contribution in [0.3, 0.4) is 0 Å². The zero-order valence-electron chi connectivity index (χ0n) is 8.20. The summed E-state index contributed by atoms with van der Waals surface area (Å²) in [6, 6.07) is 5.90. The fourth-order valence-electron chi connectivity index (χ4n) is 1.34. The lowest BCUT2D eigenvalue weighted by Crippen LogP contribution is -2.14. The minimum atomic E-state index is 0.245. The van der Waals surface area contributed by atoms with E-state index < -0.39 is 0 Å². The lowest BCUT2D eigenvalue weighted by atomic mass is 10.1. The van der Waals surface area contributed by atoms with Gasteiger partial charge >= 0.3 is 0 Å². The third kappa shape index (κ3) is 1.71. The smallest absolute Gasteiger partial charge is 0.129 e. The number of hydrogen-bond donors (Lipinski definition) is 2. The van der Waals surface area contributed by atoms with Crippen molar-refractivity contribution < 1.29 is 5.11 Å². The van der Waals surface area contributed by atoms with Crippen LogP contribution in [0, 0.1) is 6.92 Å². The Kier molecular flexibility index (Phi) is 2.15. The first kappa shape index (κ1) is 9.06. The SMILES string of the molecule is Cc1cccc(C(N)=NC2CC2)c1O. The third-order valence-corrected chi connectivity index (χ3v) is 2.38. The molecule has 2 rings (SSSR count). The maximum absolute atomic E-state index is 9.74. The zero-order chi connectivity index (χ0) is 10.1. The monoisotopic (exact) mass is 190 g/mol. The predicted octanol–water partition coefficient (Wildman–Crippen LogP) is 1.57. The fraction of sp³-hybridized carbons (Fsp3) is 0.364. The van der Waals surface area contributed by atoms with Gasteiger partial charge < -0.3 is 10.8 Å². The molecule has 0 bridgehead atoms. The molecule has 0 spiro atoms. The van der Waals surface area contributed by atoms with E-state index in [2.05, 4.69) is 4.99 Å². The Balaban J connectivity index is 2.35. The number of phenols is 1. The van der Waals surface area contributed by atoms with Crippen molar-refractivity contribution in [3.63, 3.8) is 0 Å². The molecule has 0 unspecified atom stereocenters. The number of nitrogens with zero attached hydrogens (tertiary/aromatic N) is 1. The molecular weight excluding hydrogens is 176 g/mol. The maximum Gasteiger partial charge on any atom is 0.129 e. The van der Waals surface area contributed by atoms with Crippen molar-refractivity contribution in [1.29, 1.82) is 0 Å². The molecule has 3 N–H and O–H groups in total. The van der Waals surface area contributed by atoms with Gasteiger partial charge in [0.25, 0.3) is 0 Å². The van der Waals surface area contributed by atoms with Gasteiger partial charge in [-0.3, -0.25) is 4.99 Å². The van der Waals surface area contributed by atoms with Crippen molar-refractivity contribution in [3.05, 3.63) is 29.3 Å². The molecule has 1 fully saturated rings. The average molecular weight is 190 g/mol. The number of aliphatic imine (C=N–C) groups is 1. The number of nitrogens with two attached hydrogens (primary N) is 1. The number of aromatic hydroxyl groups is 1. The van der Waals surface area contributed by atoms with Crippen molar-refractivity contribution in [3.8, 4) is 5.75 Å². The maximum atomic E-state index is 9.74. The first-order chi connectivity index (χ1) is 6.68. The van der Waals surface area contributed by atoms with Crippen molar-refractivity contribution in [2.45, 2.75) is 25.8 Å². The third-order valence-electron chi connectivity index (χ3n) is 2.38. The number of hydrogen-bond acceptors (Lipinski definition) is 2. The second-order valence-electron chi connectivity index (χ2n) is 3.72. The van der Waals surface area contributed by atoms with Crippen LogP contribution < -0.4 is 5.73 Å². The molecule has 1 aliphatic rings. The Morgan fingerprint density at radius 3 is 2.86 bits per heavy atom. The van der Waals surface area contributed by atoms with Gasteiger partial charge in [-0.2, -0.15) is 0 Å². The van der Waals surface area contributed by atoms with Crippen LogP contribution in [0.15, 0.2) is 23.2 Å². The Labute approximate surface area is 83.3 Å². The summed E-state index contributed by atoms with van der Waals surface area (Å²) < 4.78 is 0. The molecule has 0 aromatic heterocycles. The molecule has 0 radical (unpaired) electrons. The minimum Gasteiger partial charge on any atom is -0.507 e. The molecular formula is C11H14N2O. The highest BCUT2D eigenvalue weighted by Crippen LogP contribution is 2.26. The Hall–Kier alpha value is -1.51. The molecule has 3 nitrogen and oxygen atoms in total. The zero-order valence-corrected chi connectivity index (χ0v) is 8.20. The van der Waals surface area contributed by atoms with Gasteiger partial charge in [0.2, 0.25) is 0 Å². The second-order valence-corrected chi connectivity index (χ2v) is 3.72. The van der Waals surface area contributed by atoms with Gasteiger partial charge in [0.1, 0.15) is 11.6 Å². The van der Waals surface area contributed by atoms with Gasteiger partial charge in [-0.05, 0) is 31.4 Å². The van der Waals surface area contributed by atoms with Gasteiger partial charge in [0.05, 0.1) is 11.6 Å². The van der Waals surface area contributed by atoms with Gasteiger partial charge in [-0.25, -0.2) is 0 Å². The van der Waals surface area contributed by atoms with E-state index in [1.807, 2.05) is 19.1 Å². The lowest BCUT2D eigenvalue weighted by molar-refractivity contribution is 0.470. The minimum absolute atomic E-state index is 0.245. The second kappa shape index (κ2) is 3.33. The summed E-state index contributed by atoms with van der Waals surface area (Å²) in [4.78, 5) is 4.30. The van der Waals surface area contributed by atoms with Gasteiger partial charge in [-0.15, -0.1) is 0 Å². The molecule has 0 saturated heterocycles. The summed E-state index contributed by atoms with van der Waals surface area (Å²) >= 11 is 0. The van der Waals surface area contributed by atoms with Crippen molar-refractivity contribution in [2.75, 3.05) is 0 Å². The van der Waals surface area contributed by atoms with Crippen molar-refractivity contribution in [2.24, 2.45) is 10.7 Å². The average Bonchev–Trinajstić information content (AvgIpc) is 2.93. The normalized spacial score (nSPS) is 17.1. The van der Waals surface area contributed by atoms with Crippen LogP contribution in [0.25, 0.3) is 0 Å². The Morgan fingerprint density at radius 1 is 1.50 bits per heavy atom. The van der Waals surface area contributed by atoms with Gasteiger partial charge in [0.15, 0.2) is 0 Å². The standard InChI is InChI=1S/C11H14N2O/c1-7-3-2-4-9(10(7)14)11(12)13-8-5-6-8/h2-4,8,14H,5-6H2,1H3,(H2,12,13). The number of amidine groups is 1. The summed E-state index contributed by atoms with van der Waals surface area (Å²) in [6.45, 7) is 1.85. The first-order valence-corrected chi connectivity index (χ1v) is 4.80. The van der Waals surface area contributed by atoms with E-state index in [4.69, 9.17) is 5.73 Å². The molecule has 0 atom stereocenters. The molecule has 1 aromatic carbocycles. The number of phenolic OH excluding ortho intramolecular Hbond substituents is 1. The molecule has 3 heteroatoms. The number of benzene rings is 1. The number of aryl methyl sites for hydroxylation is 1. The summed E-state index contributed by atoms with van der Waals surface area (Å²) in [6.07, 6.45) is 2.24. The van der Waals surface area contributed by atoms with Crippen LogP contribution in [0.4, 0.5) is 0 Å². The van der Waals surface area contributed by atoms with Crippen LogP contribution in [0.1, 0.15) is 24.0 Å². The first-order valence-electron chi connectivity index (χ1n) is 4.80. The highest BCUT2D eigenvalue weighted by Gasteiger charge is 2.21. The lowest BCUT2D eigenvalue weighted by Gasteiger charge is -2.05. The highest BCUT2D eigenvalue weighted by atomic mass is 16.3. The molecule has 1 saturated carbocycles. The van der Waals surface area contributed by atoms with Crippen molar-refractivity contribution in [1.82, 2.24) is 0 Å². The van der Waals surface area contributed by atoms with E-state index in [0.717, 1.165) is 18.4 Å². The predicted molar refractivity (Wildman–Crippen MR) is 56.6 cm³/mol. The quantitative estimate of drug-likeness (QED) is 0.549. The Morgan fingerprint density at radius 2 is 2.21 bits per heavy atom. The van der Waals surface area contributed by atoms with Gasteiger partial charge in [0, 0.05) is 0 Å². The molecule has 1 aliphatic carbocycles. The summed E-state index contributed by atoms with van der Waals surface area (Å²) in [7, 11) is 0. The summed E-state index contributed by atoms with van der Waals surface area (Å²) in [5, 5.41) is 9.74. The largest absolute Gasteiger partial charge is 0.507 e. The topological polar surface area (TPSA) is 58.6 Å². The van der Waals surface area contributed by atoms with E-state index >= 15 is 0 Å². The van der Waals surface area contributed by atoms with Crippen LogP contribution in [0.5, 0.6) is 5.75 Å². The molecule has 1 aromatic rings. The number of rotatable bonds is 2. The molecule has 0 amide bonds. The van der Waals surface area contributed by atoms with E-state index in [-0.39, 0.29) is 5.75 Å². The number of para-hydroxylation sites is 1. The van der Waals surface area contributed by atoms with E-state index in [0.29, 0.717) is 17.4 Å². The van der Waals surface area contributed by atoms with Crippen LogP contribution in [0.2, 0.25) is 0 Å². The Bertz CT molecular complexity index is 381. The highest BCUT2D eigenvalue weighted by molar-refractivity contribution is 6.00. The summed E-state index contributed by atoms with van der Waals surface area (Å²) in [5.41, 5.74) is 7.28. The molecule has 0 aliphatic heterocycles. The van der Waals surface area contributed by atoms with Crippen molar-refractivity contribution >= 4 is 5.84 Å². The van der Waals surface area contributed by atoms with Crippen LogP contribution in [-0.4, -0.2) is 17.0 Å². The van der Waals surface area contributed by atoms with Gasteiger partial charge in [-0.1, -0.05) is 12.1 Å². The summed E-state index contributed by atoms with van der Waals surface area (Å²) in [5.74, 6) is 0.697. The molecule has 14 heavy (non-hydrogen) atoms. The molecule has 74 valence electrons. The fourth-order valence-corrected chi connectivity index (χ4v) is 1.34.